The fraction of sp³-hybridized carbons (Fsp3) is 0.417. The van der Waals surface area contributed by atoms with Gasteiger partial charge < -0.3 is 9.88 Å². The molecule has 0 aliphatic carbocycles. The summed E-state index contributed by atoms with van der Waals surface area (Å²) in [5.74, 6) is 1.83. The van der Waals surface area contributed by atoms with Crippen molar-refractivity contribution in [1.29, 1.82) is 0 Å². The Hall–Kier alpha value is -1.91. The maximum absolute atomic E-state index is 4.28. The van der Waals surface area contributed by atoms with Crippen molar-refractivity contribution in [2.24, 2.45) is 7.05 Å². The molecular formula is C12H17N5. The standard InChI is InChI=1S/C12H17N5/c1-4-5-13-12-6-10(15-8-16-12)11-7-14-9(2)17(11)3/h6-8H,4-5H2,1-3H3,(H,13,15,16). The summed E-state index contributed by atoms with van der Waals surface area (Å²) in [4.78, 5) is 12.7. The van der Waals surface area contributed by atoms with Gasteiger partial charge in [0.2, 0.25) is 0 Å². The molecule has 0 saturated carbocycles. The lowest BCUT2D eigenvalue weighted by Gasteiger charge is -2.06. The highest BCUT2D eigenvalue weighted by Crippen LogP contribution is 2.18. The number of anilines is 1. The lowest BCUT2D eigenvalue weighted by molar-refractivity contribution is 0.860. The number of hydrogen-bond donors (Lipinski definition) is 1. The van der Waals surface area contributed by atoms with Crippen molar-refractivity contribution in [2.45, 2.75) is 20.3 Å². The maximum atomic E-state index is 4.28. The largest absolute Gasteiger partial charge is 0.370 e. The van der Waals surface area contributed by atoms with Crippen molar-refractivity contribution in [3.63, 3.8) is 0 Å². The number of nitrogens with one attached hydrogen (secondary N) is 1. The van der Waals surface area contributed by atoms with Gasteiger partial charge in [0.05, 0.1) is 17.6 Å². The van der Waals surface area contributed by atoms with Gasteiger partial charge in [-0.3, -0.25) is 0 Å². The van der Waals surface area contributed by atoms with Crippen LogP contribution >= 0.6 is 0 Å². The zero-order valence-electron chi connectivity index (χ0n) is 10.4. The molecule has 90 valence electrons. The molecular weight excluding hydrogens is 214 g/mol. The highest BCUT2D eigenvalue weighted by atomic mass is 15.1. The van der Waals surface area contributed by atoms with Crippen LogP contribution in [-0.2, 0) is 7.05 Å². The summed E-state index contributed by atoms with van der Waals surface area (Å²) in [6, 6.07) is 1.95. The van der Waals surface area contributed by atoms with E-state index in [9.17, 15) is 0 Å². The summed E-state index contributed by atoms with van der Waals surface area (Å²) < 4.78 is 2.02. The zero-order valence-corrected chi connectivity index (χ0v) is 10.4. The Morgan fingerprint density at radius 2 is 2.12 bits per heavy atom. The molecule has 0 radical (unpaired) electrons. The molecule has 0 saturated heterocycles. The summed E-state index contributed by atoms with van der Waals surface area (Å²) in [5.41, 5.74) is 1.89. The van der Waals surface area contributed by atoms with Crippen LogP contribution in [-0.4, -0.2) is 26.1 Å². The molecule has 1 N–H and O–H groups in total. The van der Waals surface area contributed by atoms with E-state index in [4.69, 9.17) is 0 Å². The van der Waals surface area contributed by atoms with Crippen molar-refractivity contribution < 1.29 is 0 Å². The maximum Gasteiger partial charge on any atom is 0.130 e. The second kappa shape index (κ2) is 4.95. The van der Waals surface area contributed by atoms with Gasteiger partial charge in [-0.2, -0.15) is 0 Å². The number of nitrogens with zero attached hydrogens (tertiary/aromatic N) is 4. The van der Waals surface area contributed by atoms with Crippen LogP contribution in [0.4, 0.5) is 5.82 Å². The number of imidazole rings is 1. The van der Waals surface area contributed by atoms with E-state index in [0.717, 1.165) is 36.0 Å². The number of aromatic nitrogens is 4. The van der Waals surface area contributed by atoms with Crippen LogP contribution in [0.25, 0.3) is 11.4 Å². The van der Waals surface area contributed by atoms with Crippen molar-refractivity contribution >= 4 is 5.82 Å². The number of aryl methyl sites for hydroxylation is 1. The van der Waals surface area contributed by atoms with Gasteiger partial charge in [0.1, 0.15) is 18.0 Å². The van der Waals surface area contributed by atoms with Crippen molar-refractivity contribution in [3.8, 4) is 11.4 Å². The van der Waals surface area contributed by atoms with Gasteiger partial charge in [-0.1, -0.05) is 6.92 Å². The molecule has 0 aliphatic rings. The van der Waals surface area contributed by atoms with E-state index in [0.29, 0.717) is 0 Å². The Balaban J connectivity index is 2.30. The normalized spacial score (nSPS) is 10.5. The van der Waals surface area contributed by atoms with Crippen LogP contribution in [0.15, 0.2) is 18.6 Å². The Bertz CT molecular complexity index is 503. The molecule has 5 heteroatoms. The zero-order chi connectivity index (χ0) is 12.3. The van der Waals surface area contributed by atoms with Crippen LogP contribution in [0.3, 0.4) is 0 Å². The first-order chi connectivity index (χ1) is 8.22. The summed E-state index contributed by atoms with van der Waals surface area (Å²) in [7, 11) is 1.99. The van der Waals surface area contributed by atoms with Gasteiger partial charge in [0, 0.05) is 19.7 Å². The Labute approximate surface area is 101 Å². The van der Waals surface area contributed by atoms with Gasteiger partial charge in [0.15, 0.2) is 0 Å². The smallest absolute Gasteiger partial charge is 0.130 e. The molecule has 0 spiro atoms. The second-order valence-electron chi connectivity index (χ2n) is 3.96. The van der Waals surface area contributed by atoms with Crippen LogP contribution < -0.4 is 5.32 Å². The van der Waals surface area contributed by atoms with Gasteiger partial charge >= 0.3 is 0 Å². The molecule has 0 aliphatic heterocycles. The minimum Gasteiger partial charge on any atom is -0.370 e. The third-order valence-corrected chi connectivity index (χ3v) is 2.71. The van der Waals surface area contributed by atoms with E-state index in [1.54, 1.807) is 6.33 Å². The van der Waals surface area contributed by atoms with E-state index < -0.39 is 0 Å². The topological polar surface area (TPSA) is 55.6 Å². The molecule has 2 heterocycles. The third kappa shape index (κ3) is 2.43. The Kier molecular flexibility index (Phi) is 3.37. The lowest BCUT2D eigenvalue weighted by atomic mass is 10.3. The predicted octanol–water partition coefficient (Wildman–Crippen LogP) is 2.01. The molecule has 2 rings (SSSR count). The summed E-state index contributed by atoms with van der Waals surface area (Å²) >= 11 is 0. The van der Waals surface area contributed by atoms with Gasteiger partial charge in [-0.25, -0.2) is 15.0 Å². The first kappa shape index (κ1) is 11.6. The number of hydrogen-bond acceptors (Lipinski definition) is 4. The first-order valence-electron chi connectivity index (χ1n) is 5.77. The van der Waals surface area contributed by atoms with Gasteiger partial charge in [-0.15, -0.1) is 0 Å². The molecule has 0 fully saturated rings. The lowest BCUT2D eigenvalue weighted by Crippen LogP contribution is -2.03. The molecule has 0 unspecified atom stereocenters. The molecule has 0 amide bonds. The monoisotopic (exact) mass is 231 g/mol. The average Bonchev–Trinajstić information content (AvgIpc) is 2.68. The molecule has 0 atom stereocenters. The van der Waals surface area contributed by atoms with Gasteiger partial charge in [0.25, 0.3) is 0 Å². The highest BCUT2D eigenvalue weighted by Gasteiger charge is 2.07. The van der Waals surface area contributed by atoms with Gasteiger partial charge in [-0.05, 0) is 13.3 Å². The van der Waals surface area contributed by atoms with Crippen LogP contribution in [0.1, 0.15) is 19.2 Å². The average molecular weight is 231 g/mol. The fourth-order valence-electron chi connectivity index (χ4n) is 1.59. The SMILES string of the molecule is CCCNc1cc(-c2cnc(C)n2C)ncn1. The summed E-state index contributed by atoms with van der Waals surface area (Å²) in [5, 5.41) is 3.25. The fourth-order valence-corrected chi connectivity index (χ4v) is 1.59. The quantitative estimate of drug-likeness (QED) is 0.874. The first-order valence-corrected chi connectivity index (χ1v) is 5.77. The van der Waals surface area contributed by atoms with Crippen LogP contribution in [0, 0.1) is 6.92 Å². The van der Waals surface area contributed by atoms with E-state index >= 15 is 0 Å². The molecule has 5 nitrogen and oxygen atoms in total. The van der Waals surface area contributed by atoms with Crippen LogP contribution in [0.5, 0.6) is 0 Å². The number of rotatable bonds is 4. The highest BCUT2D eigenvalue weighted by molar-refractivity contribution is 5.58. The molecule has 0 bridgehead atoms. The van der Waals surface area contributed by atoms with E-state index in [2.05, 4.69) is 27.2 Å². The second-order valence-corrected chi connectivity index (χ2v) is 3.96. The Morgan fingerprint density at radius 1 is 1.29 bits per heavy atom. The molecule has 0 aromatic carbocycles. The predicted molar refractivity (Wildman–Crippen MR) is 67.8 cm³/mol. The van der Waals surface area contributed by atoms with E-state index in [1.165, 1.54) is 0 Å². The van der Waals surface area contributed by atoms with Crippen molar-refractivity contribution in [2.75, 3.05) is 11.9 Å². The van der Waals surface area contributed by atoms with E-state index in [1.807, 2.05) is 30.8 Å². The van der Waals surface area contributed by atoms with Crippen molar-refractivity contribution in [1.82, 2.24) is 19.5 Å². The van der Waals surface area contributed by atoms with E-state index in [-0.39, 0.29) is 0 Å². The minimum absolute atomic E-state index is 0.857. The summed E-state index contributed by atoms with van der Waals surface area (Å²) in [6.07, 6.45) is 4.49. The minimum atomic E-state index is 0.857. The molecule has 17 heavy (non-hydrogen) atoms. The van der Waals surface area contributed by atoms with Crippen molar-refractivity contribution in [3.05, 3.63) is 24.4 Å². The third-order valence-electron chi connectivity index (χ3n) is 2.71. The molecule has 2 aromatic rings. The summed E-state index contributed by atoms with van der Waals surface area (Å²) in [6.45, 7) is 5.02. The molecule has 2 aromatic heterocycles. The Morgan fingerprint density at radius 3 is 2.76 bits per heavy atom. The van der Waals surface area contributed by atoms with Crippen LogP contribution in [0.2, 0.25) is 0 Å².